The molecule has 1 amide bonds. The predicted molar refractivity (Wildman–Crippen MR) is 124 cm³/mol. The smallest absolute Gasteiger partial charge is 0.241 e. The van der Waals surface area contributed by atoms with Crippen molar-refractivity contribution in [1.29, 1.82) is 0 Å². The fraction of sp³-hybridized carbons (Fsp3) is 0.174. The molecule has 3 aromatic rings. The molecule has 0 radical (unpaired) electrons. The van der Waals surface area contributed by atoms with E-state index in [-0.39, 0.29) is 10.6 Å². The highest BCUT2D eigenvalue weighted by atomic mass is 35.5. The average Bonchev–Trinajstić information content (AvgIpc) is 2.80. The van der Waals surface area contributed by atoms with Crippen LogP contribution >= 0.6 is 11.6 Å². The van der Waals surface area contributed by atoms with Crippen molar-refractivity contribution in [2.75, 3.05) is 26.1 Å². The van der Waals surface area contributed by atoms with Crippen molar-refractivity contribution in [2.24, 2.45) is 0 Å². The van der Waals surface area contributed by atoms with E-state index in [2.05, 4.69) is 10.0 Å². The van der Waals surface area contributed by atoms with Crippen LogP contribution in [0.4, 0.5) is 5.69 Å². The number of benzene rings is 3. The second-order valence-electron chi connectivity index (χ2n) is 6.81. The van der Waals surface area contributed by atoms with E-state index in [1.807, 2.05) is 30.3 Å². The van der Waals surface area contributed by atoms with Crippen LogP contribution in [0.1, 0.15) is 11.1 Å². The Hall–Kier alpha value is -3.07. The number of halogens is 1. The van der Waals surface area contributed by atoms with Crippen molar-refractivity contribution in [3.63, 3.8) is 0 Å². The lowest BCUT2D eigenvalue weighted by Gasteiger charge is -2.13. The van der Waals surface area contributed by atoms with Gasteiger partial charge >= 0.3 is 0 Å². The Morgan fingerprint density at radius 1 is 0.906 bits per heavy atom. The summed E-state index contributed by atoms with van der Waals surface area (Å²) in [5.41, 5.74) is 2.37. The highest BCUT2D eigenvalue weighted by Crippen LogP contribution is 2.29. The van der Waals surface area contributed by atoms with Gasteiger partial charge in [-0.05, 0) is 35.4 Å². The van der Waals surface area contributed by atoms with Crippen LogP contribution in [-0.2, 0) is 21.2 Å². The number of ether oxygens (including phenoxy) is 2. The summed E-state index contributed by atoms with van der Waals surface area (Å²) in [7, 11) is -1.06. The van der Waals surface area contributed by atoms with Gasteiger partial charge in [0.05, 0.1) is 25.7 Å². The first-order chi connectivity index (χ1) is 15.3. The Morgan fingerprint density at radius 2 is 1.56 bits per heavy atom. The quantitative estimate of drug-likeness (QED) is 0.491. The Kier molecular flexibility index (Phi) is 7.74. The maximum atomic E-state index is 12.6. The number of hydrogen-bond donors (Lipinski definition) is 2. The minimum absolute atomic E-state index is 0.0398. The Morgan fingerprint density at radius 3 is 2.25 bits per heavy atom. The summed E-state index contributed by atoms with van der Waals surface area (Å²) in [6.07, 6.45) is 0.521. The van der Waals surface area contributed by atoms with Gasteiger partial charge in [0, 0.05) is 23.2 Å². The van der Waals surface area contributed by atoms with E-state index in [0.717, 1.165) is 11.1 Å². The van der Waals surface area contributed by atoms with E-state index in [1.165, 1.54) is 32.4 Å². The molecule has 0 aliphatic carbocycles. The monoisotopic (exact) mass is 474 g/mol. The molecule has 0 atom stereocenters. The lowest BCUT2D eigenvalue weighted by atomic mass is 10.0. The van der Waals surface area contributed by atoms with E-state index in [0.29, 0.717) is 22.9 Å². The highest BCUT2D eigenvalue weighted by molar-refractivity contribution is 7.89. The highest BCUT2D eigenvalue weighted by Gasteiger charge is 2.18. The molecule has 0 bridgehead atoms. The SMILES string of the molecule is COc1ccc(S(=O)(=O)NCC(=O)Nc2ccccc2Cc2ccccc2Cl)cc1OC. The van der Waals surface area contributed by atoms with E-state index in [4.69, 9.17) is 21.1 Å². The lowest BCUT2D eigenvalue weighted by molar-refractivity contribution is -0.115. The van der Waals surface area contributed by atoms with Gasteiger partial charge in [-0.25, -0.2) is 13.1 Å². The number of methoxy groups -OCH3 is 2. The molecule has 7 nitrogen and oxygen atoms in total. The summed E-state index contributed by atoms with van der Waals surface area (Å²) in [5, 5.41) is 3.40. The van der Waals surface area contributed by atoms with Crippen LogP contribution in [0.3, 0.4) is 0 Å². The van der Waals surface area contributed by atoms with Crippen LogP contribution in [0.2, 0.25) is 5.02 Å². The molecule has 2 N–H and O–H groups in total. The number of carbonyl (C=O) groups is 1. The number of amides is 1. The third kappa shape index (κ3) is 5.79. The minimum atomic E-state index is -3.93. The van der Waals surface area contributed by atoms with Crippen molar-refractivity contribution in [3.8, 4) is 11.5 Å². The zero-order valence-corrected chi connectivity index (χ0v) is 19.2. The van der Waals surface area contributed by atoms with Gasteiger partial charge < -0.3 is 14.8 Å². The summed E-state index contributed by atoms with van der Waals surface area (Å²) in [6.45, 7) is -0.433. The van der Waals surface area contributed by atoms with Gasteiger partial charge in [0.2, 0.25) is 15.9 Å². The molecule has 0 aliphatic heterocycles. The fourth-order valence-corrected chi connectivity index (χ4v) is 4.27. The van der Waals surface area contributed by atoms with Gasteiger partial charge in [-0.1, -0.05) is 48.0 Å². The summed E-state index contributed by atoms with van der Waals surface area (Å²) >= 11 is 6.25. The number of sulfonamides is 1. The molecule has 32 heavy (non-hydrogen) atoms. The second kappa shape index (κ2) is 10.5. The first-order valence-electron chi connectivity index (χ1n) is 9.67. The van der Waals surface area contributed by atoms with Crippen molar-refractivity contribution < 1.29 is 22.7 Å². The maximum Gasteiger partial charge on any atom is 0.241 e. The van der Waals surface area contributed by atoms with E-state index in [1.54, 1.807) is 18.2 Å². The van der Waals surface area contributed by atoms with E-state index >= 15 is 0 Å². The zero-order valence-electron chi connectivity index (χ0n) is 17.6. The molecule has 3 rings (SSSR count). The van der Waals surface area contributed by atoms with Crippen LogP contribution in [-0.4, -0.2) is 35.1 Å². The average molecular weight is 475 g/mol. The molecular formula is C23H23ClN2O5S. The van der Waals surface area contributed by atoms with Gasteiger partial charge in [0.15, 0.2) is 11.5 Å². The van der Waals surface area contributed by atoms with Gasteiger partial charge in [0.1, 0.15) is 0 Å². The molecule has 0 saturated carbocycles. The van der Waals surface area contributed by atoms with Crippen LogP contribution < -0.4 is 19.5 Å². The molecule has 9 heteroatoms. The number of anilines is 1. The van der Waals surface area contributed by atoms with Crippen molar-refractivity contribution >= 4 is 33.2 Å². The van der Waals surface area contributed by atoms with Crippen molar-refractivity contribution in [1.82, 2.24) is 4.72 Å². The summed E-state index contributed by atoms with van der Waals surface area (Å²) in [6, 6.07) is 19.0. The summed E-state index contributed by atoms with van der Waals surface area (Å²) in [4.78, 5) is 12.4. The molecular weight excluding hydrogens is 452 g/mol. The van der Waals surface area contributed by atoms with Gasteiger partial charge in [0.25, 0.3) is 0 Å². The molecule has 0 spiro atoms. The Balaban J connectivity index is 1.68. The first kappa shape index (κ1) is 23.6. The number of nitrogens with one attached hydrogen (secondary N) is 2. The van der Waals surface area contributed by atoms with Crippen LogP contribution in [0.15, 0.2) is 71.6 Å². The molecule has 0 saturated heterocycles. The minimum Gasteiger partial charge on any atom is -0.493 e. The molecule has 3 aromatic carbocycles. The van der Waals surface area contributed by atoms with Crippen LogP contribution in [0, 0.1) is 0 Å². The summed E-state index contributed by atoms with van der Waals surface area (Å²) < 4.78 is 37.8. The Bertz CT molecular complexity index is 1210. The number of hydrogen-bond acceptors (Lipinski definition) is 5. The Labute approximate surface area is 192 Å². The summed E-state index contributed by atoms with van der Waals surface area (Å²) in [5.74, 6) is 0.174. The van der Waals surface area contributed by atoms with Gasteiger partial charge in [-0.15, -0.1) is 0 Å². The van der Waals surface area contributed by atoms with Gasteiger partial charge in [-0.2, -0.15) is 0 Å². The second-order valence-corrected chi connectivity index (χ2v) is 8.99. The molecule has 0 heterocycles. The van der Waals surface area contributed by atoms with E-state index in [9.17, 15) is 13.2 Å². The van der Waals surface area contributed by atoms with Crippen LogP contribution in [0.5, 0.6) is 11.5 Å². The zero-order chi connectivity index (χ0) is 23.1. The third-order valence-corrected chi connectivity index (χ3v) is 6.49. The first-order valence-corrected chi connectivity index (χ1v) is 11.5. The normalized spacial score (nSPS) is 11.1. The van der Waals surface area contributed by atoms with Gasteiger partial charge in [-0.3, -0.25) is 4.79 Å². The number of carbonyl (C=O) groups excluding carboxylic acids is 1. The molecule has 0 aliphatic rings. The molecule has 168 valence electrons. The standard InChI is InChI=1S/C23H23ClN2O5S/c1-30-21-12-11-18(14-22(21)31-2)32(28,29)25-15-23(27)26-20-10-6-4-8-17(20)13-16-7-3-5-9-19(16)24/h3-12,14,25H,13,15H2,1-2H3,(H,26,27). The van der Waals surface area contributed by atoms with Crippen LogP contribution in [0.25, 0.3) is 0 Å². The lowest BCUT2D eigenvalue weighted by Crippen LogP contribution is -2.33. The maximum absolute atomic E-state index is 12.6. The molecule has 0 fully saturated rings. The molecule has 0 unspecified atom stereocenters. The van der Waals surface area contributed by atoms with E-state index < -0.39 is 22.5 Å². The topological polar surface area (TPSA) is 93.7 Å². The van der Waals surface area contributed by atoms with Crippen molar-refractivity contribution in [2.45, 2.75) is 11.3 Å². The molecule has 0 aromatic heterocycles. The largest absolute Gasteiger partial charge is 0.493 e. The third-order valence-electron chi connectivity index (χ3n) is 4.72. The van der Waals surface area contributed by atoms with Crippen molar-refractivity contribution in [3.05, 3.63) is 82.9 Å². The predicted octanol–water partition coefficient (Wildman–Crippen LogP) is 3.87. The fourth-order valence-electron chi connectivity index (χ4n) is 3.07. The number of rotatable bonds is 9. The number of para-hydroxylation sites is 1.